The molecule has 13 heavy (non-hydrogen) atoms. The van der Waals surface area contributed by atoms with Crippen molar-refractivity contribution in [2.45, 2.75) is 38.3 Å². The fourth-order valence-electron chi connectivity index (χ4n) is 1.29. The van der Waals surface area contributed by atoms with Crippen LogP contribution in [0.2, 0.25) is 0 Å². The molecule has 3 N–H and O–H groups in total. The summed E-state index contributed by atoms with van der Waals surface area (Å²) in [5.41, 5.74) is 5.23. The van der Waals surface area contributed by atoms with Gasteiger partial charge in [-0.15, -0.1) is 6.58 Å². The van der Waals surface area contributed by atoms with Gasteiger partial charge < -0.3 is 11.1 Å². The first kappa shape index (κ1) is 10.3. The van der Waals surface area contributed by atoms with Crippen LogP contribution in [0.1, 0.15) is 26.7 Å². The molecule has 1 fully saturated rings. The molecule has 0 aromatic carbocycles. The first-order chi connectivity index (χ1) is 5.98. The molecule has 3 nitrogen and oxygen atoms in total. The van der Waals surface area contributed by atoms with E-state index in [1.807, 2.05) is 6.92 Å². The van der Waals surface area contributed by atoms with Gasteiger partial charge in [-0.2, -0.15) is 0 Å². The third-order valence-corrected chi connectivity index (χ3v) is 2.63. The Bertz CT molecular complexity index is 219. The largest absolute Gasteiger partial charge is 0.349 e. The highest BCUT2D eigenvalue weighted by molar-refractivity contribution is 5.86. The number of carbonyl (C=O) groups is 1. The fraction of sp³-hybridized carbons (Fsp3) is 0.700. The maximum atomic E-state index is 11.6. The van der Waals surface area contributed by atoms with Gasteiger partial charge in [-0.25, -0.2) is 0 Å². The lowest BCUT2D eigenvalue weighted by Crippen LogP contribution is -2.54. The first-order valence-corrected chi connectivity index (χ1v) is 4.71. The number of carbonyl (C=O) groups excluding carboxylic acids is 1. The van der Waals surface area contributed by atoms with Gasteiger partial charge in [-0.1, -0.05) is 6.08 Å². The topological polar surface area (TPSA) is 55.1 Å². The summed E-state index contributed by atoms with van der Waals surface area (Å²) in [7, 11) is 0. The SMILES string of the molecule is C=CC(C)NC(=O)C(C)(N)C1CC1. The van der Waals surface area contributed by atoms with Crippen LogP contribution in [-0.2, 0) is 4.79 Å². The standard InChI is InChI=1S/C10H18N2O/c1-4-7(2)12-9(13)10(3,11)8-5-6-8/h4,7-8H,1,5-6,11H2,2-3H3,(H,12,13). The Kier molecular flexibility index (Phi) is 2.76. The van der Waals surface area contributed by atoms with Crippen LogP contribution in [-0.4, -0.2) is 17.5 Å². The number of nitrogens with one attached hydrogen (secondary N) is 1. The molecule has 1 aliphatic carbocycles. The molecular weight excluding hydrogens is 164 g/mol. The van der Waals surface area contributed by atoms with Crippen molar-refractivity contribution in [3.8, 4) is 0 Å². The zero-order chi connectivity index (χ0) is 10.1. The molecule has 1 amide bonds. The molecule has 2 unspecified atom stereocenters. The molecule has 0 spiro atoms. The Balaban J connectivity index is 2.50. The Morgan fingerprint density at radius 3 is 2.69 bits per heavy atom. The second kappa shape index (κ2) is 3.50. The van der Waals surface area contributed by atoms with E-state index in [1.54, 1.807) is 13.0 Å². The molecule has 2 atom stereocenters. The van der Waals surface area contributed by atoms with Gasteiger partial charge in [0.25, 0.3) is 0 Å². The summed E-state index contributed by atoms with van der Waals surface area (Å²) in [6.45, 7) is 7.28. The van der Waals surface area contributed by atoms with Gasteiger partial charge in [0.15, 0.2) is 0 Å². The average Bonchev–Trinajstić information content (AvgIpc) is 2.86. The van der Waals surface area contributed by atoms with E-state index in [4.69, 9.17) is 5.73 Å². The lowest BCUT2D eigenvalue weighted by molar-refractivity contribution is -0.126. The molecule has 0 radical (unpaired) electrons. The van der Waals surface area contributed by atoms with Gasteiger partial charge in [-0.05, 0) is 32.6 Å². The Morgan fingerprint density at radius 1 is 1.77 bits per heavy atom. The molecule has 1 saturated carbocycles. The van der Waals surface area contributed by atoms with Crippen molar-refractivity contribution < 1.29 is 4.79 Å². The molecule has 0 aliphatic heterocycles. The number of nitrogens with two attached hydrogens (primary N) is 1. The molecule has 1 rings (SSSR count). The van der Waals surface area contributed by atoms with Crippen LogP contribution in [0.4, 0.5) is 0 Å². The highest BCUT2D eigenvalue weighted by atomic mass is 16.2. The monoisotopic (exact) mass is 182 g/mol. The number of amides is 1. The molecule has 0 aromatic heterocycles. The summed E-state index contributed by atoms with van der Waals surface area (Å²) in [4.78, 5) is 11.6. The summed E-state index contributed by atoms with van der Waals surface area (Å²) >= 11 is 0. The molecule has 0 bridgehead atoms. The van der Waals surface area contributed by atoms with Crippen LogP contribution < -0.4 is 11.1 Å². The minimum absolute atomic E-state index is 0.00544. The van der Waals surface area contributed by atoms with E-state index < -0.39 is 5.54 Å². The lowest BCUT2D eigenvalue weighted by atomic mass is 9.96. The van der Waals surface area contributed by atoms with Crippen LogP contribution >= 0.6 is 0 Å². The molecule has 0 saturated heterocycles. The lowest BCUT2D eigenvalue weighted by Gasteiger charge is -2.24. The summed E-state index contributed by atoms with van der Waals surface area (Å²) in [5, 5.41) is 2.81. The van der Waals surface area contributed by atoms with E-state index >= 15 is 0 Å². The van der Waals surface area contributed by atoms with Crippen molar-refractivity contribution in [3.63, 3.8) is 0 Å². The number of hydrogen-bond donors (Lipinski definition) is 2. The number of hydrogen-bond acceptors (Lipinski definition) is 2. The Hall–Kier alpha value is -0.830. The second-order valence-electron chi connectivity index (χ2n) is 4.05. The van der Waals surface area contributed by atoms with Gasteiger partial charge in [-0.3, -0.25) is 4.79 Å². The van der Waals surface area contributed by atoms with Crippen LogP contribution in [0.5, 0.6) is 0 Å². The minimum Gasteiger partial charge on any atom is -0.349 e. The van der Waals surface area contributed by atoms with Crippen molar-refractivity contribution >= 4 is 5.91 Å². The van der Waals surface area contributed by atoms with Gasteiger partial charge in [0.2, 0.25) is 5.91 Å². The summed E-state index contributed by atoms with van der Waals surface area (Å²) in [6.07, 6.45) is 3.84. The maximum Gasteiger partial charge on any atom is 0.240 e. The van der Waals surface area contributed by atoms with Crippen LogP contribution in [0, 0.1) is 5.92 Å². The van der Waals surface area contributed by atoms with Gasteiger partial charge in [0.05, 0.1) is 5.54 Å². The fourth-order valence-corrected chi connectivity index (χ4v) is 1.29. The molecule has 0 heterocycles. The average molecular weight is 182 g/mol. The molecular formula is C10H18N2O. The van der Waals surface area contributed by atoms with E-state index in [9.17, 15) is 4.79 Å². The molecule has 0 aromatic rings. The van der Waals surface area contributed by atoms with Crippen LogP contribution in [0.15, 0.2) is 12.7 Å². The predicted molar refractivity (Wildman–Crippen MR) is 53.1 cm³/mol. The van der Waals surface area contributed by atoms with Crippen molar-refractivity contribution in [1.82, 2.24) is 5.32 Å². The van der Waals surface area contributed by atoms with Crippen LogP contribution in [0.3, 0.4) is 0 Å². The zero-order valence-corrected chi connectivity index (χ0v) is 8.34. The number of rotatable bonds is 4. The van der Waals surface area contributed by atoms with E-state index in [0.717, 1.165) is 12.8 Å². The minimum atomic E-state index is -0.697. The zero-order valence-electron chi connectivity index (χ0n) is 8.34. The molecule has 3 heteroatoms. The van der Waals surface area contributed by atoms with Gasteiger partial charge in [0.1, 0.15) is 0 Å². The van der Waals surface area contributed by atoms with E-state index in [2.05, 4.69) is 11.9 Å². The second-order valence-corrected chi connectivity index (χ2v) is 4.05. The smallest absolute Gasteiger partial charge is 0.240 e. The summed E-state index contributed by atoms with van der Waals surface area (Å²) in [5.74, 6) is 0.298. The summed E-state index contributed by atoms with van der Waals surface area (Å²) in [6, 6.07) is -0.00544. The van der Waals surface area contributed by atoms with Crippen molar-refractivity contribution in [3.05, 3.63) is 12.7 Å². The van der Waals surface area contributed by atoms with E-state index in [-0.39, 0.29) is 11.9 Å². The van der Waals surface area contributed by atoms with Gasteiger partial charge >= 0.3 is 0 Å². The van der Waals surface area contributed by atoms with Crippen molar-refractivity contribution in [2.75, 3.05) is 0 Å². The van der Waals surface area contributed by atoms with Crippen LogP contribution in [0.25, 0.3) is 0 Å². The Labute approximate surface area is 79.4 Å². The molecule has 1 aliphatic rings. The predicted octanol–water partition coefficient (Wildman–Crippen LogP) is 0.804. The van der Waals surface area contributed by atoms with Gasteiger partial charge in [0, 0.05) is 6.04 Å². The van der Waals surface area contributed by atoms with Crippen molar-refractivity contribution in [1.29, 1.82) is 0 Å². The highest BCUT2D eigenvalue weighted by Crippen LogP contribution is 2.38. The van der Waals surface area contributed by atoms with E-state index in [0.29, 0.717) is 5.92 Å². The first-order valence-electron chi connectivity index (χ1n) is 4.71. The quantitative estimate of drug-likeness (QED) is 0.632. The maximum absolute atomic E-state index is 11.6. The summed E-state index contributed by atoms with van der Waals surface area (Å²) < 4.78 is 0. The third-order valence-electron chi connectivity index (χ3n) is 2.63. The Morgan fingerprint density at radius 2 is 2.31 bits per heavy atom. The van der Waals surface area contributed by atoms with Crippen molar-refractivity contribution in [2.24, 2.45) is 11.7 Å². The normalized spacial score (nSPS) is 23.0. The third kappa shape index (κ3) is 2.31. The molecule has 74 valence electrons. The highest BCUT2D eigenvalue weighted by Gasteiger charge is 2.44. The van der Waals surface area contributed by atoms with E-state index in [1.165, 1.54) is 0 Å².